The number of carbonyl (C=O) groups is 2. The quantitative estimate of drug-likeness (QED) is 0.522. The van der Waals surface area contributed by atoms with Gasteiger partial charge in [0.25, 0.3) is 11.6 Å². The smallest absolute Gasteiger partial charge is 0.272 e. The van der Waals surface area contributed by atoms with Gasteiger partial charge in [0.05, 0.1) is 17.6 Å². The Balaban J connectivity index is 1.58. The maximum atomic E-state index is 13.0. The third kappa shape index (κ3) is 5.80. The monoisotopic (exact) mass is 432 g/mol. The van der Waals surface area contributed by atoms with Crippen LogP contribution in [0.25, 0.3) is 0 Å². The Labute approximate surface area is 182 Å². The van der Waals surface area contributed by atoms with E-state index >= 15 is 0 Å². The lowest BCUT2D eigenvalue weighted by atomic mass is 10.1. The van der Waals surface area contributed by atoms with Gasteiger partial charge in [0.1, 0.15) is 6.04 Å². The fraction of sp³-hybridized carbons (Fsp3) is 0.636. The predicted molar refractivity (Wildman–Crippen MR) is 116 cm³/mol. The largest absolute Gasteiger partial charge is 0.374 e. The molecule has 2 fully saturated rings. The molecule has 2 unspecified atom stereocenters. The maximum absolute atomic E-state index is 13.0. The van der Waals surface area contributed by atoms with Crippen LogP contribution in [0.4, 0.5) is 5.69 Å². The Bertz CT molecular complexity index is 828. The first-order valence-corrected chi connectivity index (χ1v) is 10.9. The molecule has 2 aliphatic heterocycles. The van der Waals surface area contributed by atoms with Crippen LogP contribution in [-0.2, 0) is 9.53 Å². The highest BCUT2D eigenvalue weighted by atomic mass is 16.6. The van der Waals surface area contributed by atoms with E-state index in [4.69, 9.17) is 4.74 Å². The van der Waals surface area contributed by atoms with E-state index in [1.165, 1.54) is 18.2 Å². The summed E-state index contributed by atoms with van der Waals surface area (Å²) in [4.78, 5) is 40.3. The average Bonchev–Trinajstić information content (AvgIpc) is 3.21. The SMILES string of the molecule is Cc1cc(C(=O)N2CCCC2C(=O)NCC2CN(CC(C)C)CCO2)ccc1[N+](=O)[O-]. The molecule has 0 radical (unpaired) electrons. The summed E-state index contributed by atoms with van der Waals surface area (Å²) in [6, 6.07) is 3.79. The van der Waals surface area contributed by atoms with E-state index in [0.29, 0.717) is 43.2 Å². The second kappa shape index (κ2) is 10.2. The third-order valence-electron chi connectivity index (χ3n) is 5.81. The van der Waals surface area contributed by atoms with Gasteiger partial charge >= 0.3 is 0 Å². The van der Waals surface area contributed by atoms with Crippen LogP contribution in [0.5, 0.6) is 0 Å². The Morgan fingerprint density at radius 1 is 1.32 bits per heavy atom. The van der Waals surface area contributed by atoms with Crippen molar-refractivity contribution in [3.8, 4) is 0 Å². The van der Waals surface area contributed by atoms with Gasteiger partial charge in [-0.05, 0) is 37.8 Å². The number of nitrogens with zero attached hydrogens (tertiary/aromatic N) is 3. The van der Waals surface area contributed by atoms with Gasteiger partial charge in [-0.2, -0.15) is 0 Å². The van der Waals surface area contributed by atoms with Gasteiger partial charge < -0.3 is 15.0 Å². The molecule has 2 atom stereocenters. The van der Waals surface area contributed by atoms with Crippen molar-refractivity contribution in [1.82, 2.24) is 15.1 Å². The van der Waals surface area contributed by atoms with Gasteiger partial charge in [0, 0.05) is 49.9 Å². The van der Waals surface area contributed by atoms with Crippen LogP contribution in [0.2, 0.25) is 0 Å². The van der Waals surface area contributed by atoms with Crippen LogP contribution in [0.1, 0.15) is 42.6 Å². The van der Waals surface area contributed by atoms with E-state index in [1.807, 2.05) is 0 Å². The molecule has 0 aliphatic carbocycles. The molecule has 31 heavy (non-hydrogen) atoms. The minimum Gasteiger partial charge on any atom is -0.374 e. The van der Waals surface area contributed by atoms with Crippen molar-refractivity contribution in [2.24, 2.45) is 5.92 Å². The summed E-state index contributed by atoms with van der Waals surface area (Å²) in [7, 11) is 0. The summed E-state index contributed by atoms with van der Waals surface area (Å²) in [6.07, 6.45) is 1.30. The van der Waals surface area contributed by atoms with E-state index in [1.54, 1.807) is 11.8 Å². The first-order valence-electron chi connectivity index (χ1n) is 10.9. The zero-order valence-electron chi connectivity index (χ0n) is 18.5. The van der Waals surface area contributed by atoms with Crippen LogP contribution in [0, 0.1) is 23.0 Å². The molecule has 1 aromatic rings. The maximum Gasteiger partial charge on any atom is 0.272 e. The number of rotatable bonds is 7. The van der Waals surface area contributed by atoms with Gasteiger partial charge in [0.2, 0.25) is 5.91 Å². The van der Waals surface area contributed by atoms with Gasteiger partial charge in [-0.1, -0.05) is 13.8 Å². The molecule has 2 amide bonds. The molecular formula is C22H32N4O5. The van der Waals surface area contributed by atoms with Crippen molar-refractivity contribution in [2.45, 2.75) is 45.8 Å². The van der Waals surface area contributed by atoms with E-state index < -0.39 is 11.0 Å². The summed E-state index contributed by atoms with van der Waals surface area (Å²) < 4.78 is 5.80. The fourth-order valence-electron chi connectivity index (χ4n) is 4.36. The van der Waals surface area contributed by atoms with Gasteiger partial charge in [-0.25, -0.2) is 0 Å². The van der Waals surface area contributed by atoms with Crippen LogP contribution >= 0.6 is 0 Å². The van der Waals surface area contributed by atoms with Crippen LogP contribution < -0.4 is 5.32 Å². The van der Waals surface area contributed by atoms with Crippen molar-refractivity contribution in [1.29, 1.82) is 0 Å². The lowest BCUT2D eigenvalue weighted by Gasteiger charge is -2.34. The number of benzene rings is 1. The van der Waals surface area contributed by atoms with Crippen LogP contribution in [-0.4, -0.2) is 78.0 Å². The van der Waals surface area contributed by atoms with Crippen molar-refractivity contribution in [3.63, 3.8) is 0 Å². The number of morpholine rings is 1. The topological polar surface area (TPSA) is 105 Å². The number of carbonyl (C=O) groups excluding carboxylic acids is 2. The standard InChI is InChI=1S/C22H32N4O5/c1-15(2)13-24-9-10-31-18(14-24)12-23-21(27)20-5-4-8-25(20)22(28)17-6-7-19(26(29)30)16(3)11-17/h6-7,11,15,18,20H,4-5,8-10,12-14H2,1-3H3,(H,23,27). The third-order valence-corrected chi connectivity index (χ3v) is 5.81. The highest BCUT2D eigenvalue weighted by molar-refractivity contribution is 5.98. The van der Waals surface area contributed by atoms with Crippen molar-refractivity contribution in [2.75, 3.05) is 39.3 Å². The number of hydrogen-bond donors (Lipinski definition) is 1. The second-order valence-corrected chi connectivity index (χ2v) is 8.81. The summed E-state index contributed by atoms with van der Waals surface area (Å²) in [5, 5.41) is 14.0. The molecule has 9 nitrogen and oxygen atoms in total. The first-order chi connectivity index (χ1) is 14.8. The zero-order valence-corrected chi connectivity index (χ0v) is 18.5. The second-order valence-electron chi connectivity index (χ2n) is 8.81. The summed E-state index contributed by atoms with van der Waals surface area (Å²) in [6.45, 7) is 10.2. The number of nitrogens with one attached hydrogen (secondary N) is 1. The van der Waals surface area contributed by atoms with E-state index in [-0.39, 0.29) is 23.6 Å². The Morgan fingerprint density at radius 2 is 2.10 bits per heavy atom. The zero-order chi connectivity index (χ0) is 22.5. The minimum atomic E-state index is -0.529. The average molecular weight is 433 g/mol. The molecule has 170 valence electrons. The van der Waals surface area contributed by atoms with Crippen LogP contribution in [0.3, 0.4) is 0 Å². The summed E-state index contributed by atoms with van der Waals surface area (Å²) in [5.41, 5.74) is 0.769. The number of nitro groups is 1. The molecule has 1 N–H and O–H groups in total. The number of likely N-dealkylation sites (tertiary alicyclic amines) is 1. The number of hydrogen-bond acceptors (Lipinski definition) is 6. The molecule has 0 bridgehead atoms. The van der Waals surface area contributed by atoms with Gasteiger partial charge in [-0.15, -0.1) is 0 Å². The number of aryl methyl sites for hydroxylation is 1. The molecular weight excluding hydrogens is 400 g/mol. The minimum absolute atomic E-state index is 0.0220. The van der Waals surface area contributed by atoms with Gasteiger partial charge in [0.15, 0.2) is 0 Å². The molecule has 9 heteroatoms. The van der Waals surface area contributed by atoms with Crippen molar-refractivity contribution < 1.29 is 19.2 Å². The Morgan fingerprint density at radius 3 is 2.77 bits per heavy atom. The molecule has 2 saturated heterocycles. The molecule has 1 aromatic carbocycles. The molecule has 0 spiro atoms. The van der Waals surface area contributed by atoms with E-state index in [2.05, 4.69) is 24.1 Å². The highest BCUT2D eigenvalue weighted by Gasteiger charge is 2.35. The lowest BCUT2D eigenvalue weighted by molar-refractivity contribution is -0.385. The van der Waals surface area contributed by atoms with Gasteiger partial charge in [-0.3, -0.25) is 24.6 Å². The number of nitro benzene ring substituents is 1. The summed E-state index contributed by atoms with van der Waals surface area (Å²) in [5.74, 6) is 0.135. The first kappa shape index (κ1) is 23.1. The van der Waals surface area contributed by atoms with Crippen LogP contribution in [0.15, 0.2) is 18.2 Å². The van der Waals surface area contributed by atoms with E-state index in [0.717, 1.165) is 26.1 Å². The van der Waals surface area contributed by atoms with Crippen molar-refractivity contribution >= 4 is 17.5 Å². The summed E-state index contributed by atoms with van der Waals surface area (Å²) >= 11 is 0. The molecule has 0 aromatic heterocycles. The lowest BCUT2D eigenvalue weighted by Crippen LogP contribution is -2.51. The molecule has 2 aliphatic rings. The normalized spacial score (nSPS) is 22.0. The fourth-order valence-corrected chi connectivity index (χ4v) is 4.36. The molecule has 2 heterocycles. The Hall–Kier alpha value is -2.52. The Kier molecular flexibility index (Phi) is 7.61. The predicted octanol–water partition coefficient (Wildman–Crippen LogP) is 1.98. The highest BCUT2D eigenvalue weighted by Crippen LogP contribution is 2.24. The molecule has 3 rings (SSSR count). The number of amides is 2. The molecule has 0 saturated carbocycles. The number of ether oxygens (including phenoxy) is 1. The van der Waals surface area contributed by atoms with Crippen molar-refractivity contribution in [3.05, 3.63) is 39.4 Å². The van der Waals surface area contributed by atoms with E-state index in [9.17, 15) is 19.7 Å².